The predicted molar refractivity (Wildman–Crippen MR) is 100 cm³/mol. The Morgan fingerprint density at radius 3 is 2.30 bits per heavy atom. The first-order valence-corrected chi connectivity index (χ1v) is 7.69. The summed E-state index contributed by atoms with van der Waals surface area (Å²) in [4.78, 5) is 4.37. The van der Waals surface area contributed by atoms with E-state index in [-0.39, 0.29) is 0 Å². The molecule has 1 aliphatic carbocycles. The van der Waals surface area contributed by atoms with Gasteiger partial charge in [0.15, 0.2) is 0 Å². The summed E-state index contributed by atoms with van der Waals surface area (Å²) in [5.74, 6) is 0. The van der Waals surface area contributed by atoms with Gasteiger partial charge in [0.2, 0.25) is 0 Å². The lowest BCUT2D eigenvalue weighted by Gasteiger charge is -2.17. The summed E-state index contributed by atoms with van der Waals surface area (Å²) < 4.78 is 0. The minimum Gasteiger partial charge on any atom is -0.399 e. The van der Waals surface area contributed by atoms with Crippen molar-refractivity contribution in [3.05, 3.63) is 65.8 Å². The first-order chi connectivity index (χ1) is 11.1. The van der Waals surface area contributed by atoms with Crippen molar-refractivity contribution in [2.75, 3.05) is 18.5 Å². The molecule has 0 atom stereocenters. The second kappa shape index (κ2) is 6.13. The van der Waals surface area contributed by atoms with E-state index in [0.29, 0.717) is 0 Å². The summed E-state index contributed by atoms with van der Waals surface area (Å²) in [5.41, 5.74) is 20.3. The molecule has 0 radical (unpaired) electrons. The van der Waals surface area contributed by atoms with Gasteiger partial charge in [0.1, 0.15) is 0 Å². The summed E-state index contributed by atoms with van der Waals surface area (Å²) in [5, 5.41) is 0. The van der Waals surface area contributed by atoms with Gasteiger partial charge >= 0.3 is 0 Å². The smallest absolute Gasteiger partial charge is 0.0599 e. The first-order valence-electron chi connectivity index (χ1n) is 7.69. The number of nitrogens with two attached hydrogens (primary N) is 2. The molecule has 0 bridgehead atoms. The molecule has 0 heterocycles. The number of allylic oxidation sites excluding steroid dienone is 4. The van der Waals surface area contributed by atoms with Gasteiger partial charge in [0.05, 0.1) is 5.71 Å². The van der Waals surface area contributed by atoms with Crippen molar-refractivity contribution in [2.45, 2.75) is 13.3 Å². The zero-order valence-corrected chi connectivity index (χ0v) is 13.5. The molecule has 0 saturated carbocycles. The van der Waals surface area contributed by atoms with Crippen LogP contribution in [0.5, 0.6) is 0 Å². The van der Waals surface area contributed by atoms with E-state index < -0.39 is 0 Å². The lowest BCUT2D eigenvalue weighted by molar-refractivity contribution is 1.31. The third-order valence-corrected chi connectivity index (χ3v) is 4.20. The Bertz CT molecular complexity index is 824. The van der Waals surface area contributed by atoms with Gasteiger partial charge in [-0.1, -0.05) is 24.3 Å². The molecule has 3 nitrogen and oxygen atoms in total. The zero-order valence-electron chi connectivity index (χ0n) is 13.5. The van der Waals surface area contributed by atoms with Gasteiger partial charge in [-0.15, -0.1) is 0 Å². The molecular weight excluding hydrogens is 282 g/mol. The van der Waals surface area contributed by atoms with Crippen LogP contribution in [0.15, 0.2) is 65.2 Å². The number of rotatable bonds is 2. The Morgan fingerprint density at radius 1 is 0.913 bits per heavy atom. The molecule has 23 heavy (non-hydrogen) atoms. The lowest BCUT2D eigenvalue weighted by atomic mass is 9.88. The van der Waals surface area contributed by atoms with Crippen molar-refractivity contribution in [3.63, 3.8) is 0 Å². The molecule has 0 unspecified atom stereocenters. The van der Waals surface area contributed by atoms with Crippen LogP contribution in [0.25, 0.3) is 16.7 Å². The zero-order chi connectivity index (χ0) is 16.4. The van der Waals surface area contributed by atoms with Crippen molar-refractivity contribution in [3.8, 4) is 11.1 Å². The molecular formula is C20H21N3. The fraction of sp³-hybridized carbons (Fsp3) is 0.150. The molecule has 4 N–H and O–H groups in total. The maximum absolute atomic E-state index is 6.02. The third kappa shape index (κ3) is 3.04. The van der Waals surface area contributed by atoms with Crippen LogP contribution in [0.2, 0.25) is 0 Å². The van der Waals surface area contributed by atoms with E-state index >= 15 is 0 Å². The Kier molecular flexibility index (Phi) is 4.02. The van der Waals surface area contributed by atoms with Crippen molar-refractivity contribution in [1.82, 2.24) is 0 Å². The van der Waals surface area contributed by atoms with Crippen LogP contribution in [0, 0.1) is 0 Å². The lowest BCUT2D eigenvalue weighted by Crippen LogP contribution is -2.04. The highest BCUT2D eigenvalue weighted by Gasteiger charge is 2.14. The molecule has 0 spiro atoms. The summed E-state index contributed by atoms with van der Waals surface area (Å²) in [6.45, 7) is 2.10. The Labute approximate surface area is 137 Å². The van der Waals surface area contributed by atoms with Crippen LogP contribution in [-0.2, 0) is 0 Å². The predicted octanol–water partition coefficient (Wildman–Crippen LogP) is 4.32. The second-order valence-electron chi connectivity index (χ2n) is 5.80. The van der Waals surface area contributed by atoms with Gasteiger partial charge < -0.3 is 11.5 Å². The van der Waals surface area contributed by atoms with Crippen LogP contribution >= 0.6 is 0 Å². The van der Waals surface area contributed by atoms with E-state index in [1.807, 2.05) is 43.4 Å². The summed E-state index contributed by atoms with van der Waals surface area (Å²) in [6.07, 6.45) is 5.29. The summed E-state index contributed by atoms with van der Waals surface area (Å²) in [6, 6.07) is 14.0. The maximum Gasteiger partial charge on any atom is 0.0599 e. The van der Waals surface area contributed by atoms with Crippen molar-refractivity contribution in [1.29, 1.82) is 0 Å². The molecule has 1 aliphatic rings. The normalized spacial score (nSPS) is 16.2. The minimum absolute atomic E-state index is 0.757. The Hall–Kier alpha value is -2.81. The monoisotopic (exact) mass is 303 g/mol. The molecule has 116 valence electrons. The number of anilines is 2. The summed E-state index contributed by atoms with van der Waals surface area (Å²) in [7, 11) is 1.83. The van der Waals surface area contributed by atoms with E-state index in [9.17, 15) is 0 Å². The number of nitrogen functional groups attached to an aromatic ring is 2. The van der Waals surface area contributed by atoms with Crippen LogP contribution in [0.1, 0.15) is 18.9 Å². The van der Waals surface area contributed by atoms with Crippen molar-refractivity contribution in [2.24, 2.45) is 4.99 Å². The fourth-order valence-corrected chi connectivity index (χ4v) is 2.88. The van der Waals surface area contributed by atoms with Crippen LogP contribution < -0.4 is 11.5 Å². The quantitative estimate of drug-likeness (QED) is 0.811. The van der Waals surface area contributed by atoms with E-state index in [2.05, 4.69) is 30.1 Å². The molecule has 0 saturated heterocycles. The van der Waals surface area contributed by atoms with Crippen molar-refractivity contribution < 1.29 is 0 Å². The van der Waals surface area contributed by atoms with Gasteiger partial charge in [0.25, 0.3) is 0 Å². The standard InChI is InChI=1S/C20H21N3/c1-13-3-4-15(11-20(13)23-2)18-10-9-17(22)12-19(18)14-5-7-16(21)8-6-14/h3,5-12H,4,21-22H2,1-2H3. The maximum atomic E-state index is 6.02. The average Bonchev–Trinajstić information content (AvgIpc) is 2.56. The van der Waals surface area contributed by atoms with Crippen LogP contribution in [-0.4, -0.2) is 12.8 Å². The van der Waals surface area contributed by atoms with Crippen molar-refractivity contribution >= 4 is 22.7 Å². The largest absolute Gasteiger partial charge is 0.399 e. The number of nitrogens with zero attached hydrogens (tertiary/aromatic N) is 1. The molecule has 0 aromatic heterocycles. The second-order valence-corrected chi connectivity index (χ2v) is 5.80. The molecule has 3 rings (SSSR count). The van der Waals surface area contributed by atoms with Crippen LogP contribution in [0.4, 0.5) is 11.4 Å². The highest BCUT2D eigenvalue weighted by Crippen LogP contribution is 2.34. The molecule has 3 heteroatoms. The third-order valence-electron chi connectivity index (χ3n) is 4.20. The van der Waals surface area contributed by atoms with E-state index in [4.69, 9.17) is 11.5 Å². The highest BCUT2D eigenvalue weighted by molar-refractivity contribution is 6.13. The summed E-state index contributed by atoms with van der Waals surface area (Å²) >= 11 is 0. The number of hydrogen-bond donors (Lipinski definition) is 2. The number of aliphatic imine (C=N–C) groups is 1. The van der Waals surface area contributed by atoms with E-state index in [1.54, 1.807) is 0 Å². The molecule has 0 amide bonds. The van der Waals surface area contributed by atoms with E-state index in [1.165, 1.54) is 16.7 Å². The molecule has 2 aromatic rings. The van der Waals surface area contributed by atoms with Gasteiger partial charge in [-0.05, 0) is 71.5 Å². The topological polar surface area (TPSA) is 64.4 Å². The fourth-order valence-electron chi connectivity index (χ4n) is 2.88. The van der Waals surface area contributed by atoms with Gasteiger partial charge in [-0.3, -0.25) is 4.99 Å². The van der Waals surface area contributed by atoms with Gasteiger partial charge in [0, 0.05) is 18.4 Å². The molecule has 2 aromatic carbocycles. The number of benzene rings is 2. The molecule has 0 fully saturated rings. The van der Waals surface area contributed by atoms with Gasteiger partial charge in [-0.2, -0.15) is 0 Å². The van der Waals surface area contributed by atoms with Crippen LogP contribution in [0.3, 0.4) is 0 Å². The first kappa shape index (κ1) is 15.1. The van der Waals surface area contributed by atoms with E-state index in [0.717, 1.165) is 34.6 Å². The average molecular weight is 303 g/mol. The Morgan fingerprint density at radius 2 is 1.61 bits per heavy atom. The minimum atomic E-state index is 0.757. The highest BCUT2D eigenvalue weighted by atomic mass is 14.7. The Balaban J connectivity index is 2.12. The molecule has 0 aliphatic heterocycles. The SMILES string of the molecule is CN=C1C=C(c2ccc(N)cc2-c2ccc(N)cc2)CC=C1C. The van der Waals surface area contributed by atoms with Gasteiger partial charge in [-0.25, -0.2) is 0 Å². The number of hydrogen-bond acceptors (Lipinski definition) is 3.